The molecule has 150 valence electrons. The van der Waals surface area contributed by atoms with Crippen LogP contribution in [0.5, 0.6) is 0 Å². The molecule has 8 nitrogen and oxygen atoms in total. The predicted octanol–water partition coefficient (Wildman–Crippen LogP) is 3.85. The van der Waals surface area contributed by atoms with Gasteiger partial charge in [0.05, 0.1) is 22.4 Å². The van der Waals surface area contributed by atoms with E-state index >= 15 is 0 Å². The molecule has 0 saturated carbocycles. The Morgan fingerprint density at radius 1 is 1.31 bits per heavy atom. The number of hydrogen-bond acceptors (Lipinski definition) is 5. The van der Waals surface area contributed by atoms with Crippen LogP contribution < -0.4 is 5.56 Å². The van der Waals surface area contributed by atoms with E-state index < -0.39 is 4.92 Å². The second-order valence-corrected chi connectivity index (χ2v) is 7.04. The molecular formula is C20H19ClN4O4. The predicted molar refractivity (Wildman–Crippen MR) is 110 cm³/mol. The minimum Gasteiger partial charge on any atom is -0.331 e. The molecule has 1 aromatic heterocycles. The normalized spacial score (nSPS) is 10.9. The first kappa shape index (κ1) is 20.5. The second-order valence-electron chi connectivity index (χ2n) is 6.61. The van der Waals surface area contributed by atoms with Gasteiger partial charge in [-0.3, -0.25) is 19.7 Å². The molecule has 2 aromatic carbocycles. The van der Waals surface area contributed by atoms with E-state index in [2.05, 4.69) is 9.97 Å². The molecule has 9 heteroatoms. The molecule has 1 amide bonds. The van der Waals surface area contributed by atoms with E-state index in [4.69, 9.17) is 11.6 Å². The van der Waals surface area contributed by atoms with Crippen molar-refractivity contribution in [3.05, 3.63) is 78.8 Å². The topological polar surface area (TPSA) is 109 Å². The van der Waals surface area contributed by atoms with Gasteiger partial charge in [0.1, 0.15) is 5.82 Å². The Balaban J connectivity index is 1.98. The minimum absolute atomic E-state index is 0.0620. The van der Waals surface area contributed by atoms with E-state index in [0.717, 1.165) is 0 Å². The van der Waals surface area contributed by atoms with Gasteiger partial charge in [0, 0.05) is 28.8 Å². The van der Waals surface area contributed by atoms with Gasteiger partial charge in [0.25, 0.3) is 17.2 Å². The third-order valence-electron chi connectivity index (χ3n) is 4.57. The maximum Gasteiger partial charge on any atom is 0.273 e. The quantitative estimate of drug-likeness (QED) is 0.486. The Labute approximate surface area is 171 Å². The lowest BCUT2D eigenvalue weighted by Gasteiger charge is -2.22. The number of hydrogen-bond donors (Lipinski definition) is 1. The summed E-state index contributed by atoms with van der Waals surface area (Å²) in [5.41, 5.74) is 0.553. The summed E-state index contributed by atoms with van der Waals surface area (Å²) >= 11 is 6.00. The number of amides is 1. The summed E-state index contributed by atoms with van der Waals surface area (Å²) in [5, 5.41) is 12.1. The fourth-order valence-corrected chi connectivity index (χ4v) is 3.33. The van der Waals surface area contributed by atoms with Crippen LogP contribution in [0, 0.1) is 17.0 Å². The molecule has 0 aliphatic rings. The van der Waals surface area contributed by atoms with Gasteiger partial charge in [-0.25, -0.2) is 4.98 Å². The molecule has 3 rings (SSSR count). The van der Waals surface area contributed by atoms with Crippen molar-refractivity contribution in [3.8, 4) is 0 Å². The summed E-state index contributed by atoms with van der Waals surface area (Å²) in [6.45, 7) is 3.93. The lowest BCUT2D eigenvalue weighted by Crippen LogP contribution is -2.33. The second kappa shape index (κ2) is 8.40. The number of carbonyl (C=O) groups is 1. The number of nitro benzene ring substituents is 1. The number of nitrogens with one attached hydrogen (secondary N) is 1. The third kappa shape index (κ3) is 4.27. The monoisotopic (exact) mass is 414 g/mol. The molecular weight excluding hydrogens is 396 g/mol. The largest absolute Gasteiger partial charge is 0.331 e. The van der Waals surface area contributed by atoms with Gasteiger partial charge in [0.2, 0.25) is 0 Å². The molecule has 29 heavy (non-hydrogen) atoms. The van der Waals surface area contributed by atoms with Crippen molar-refractivity contribution in [2.24, 2.45) is 0 Å². The Morgan fingerprint density at radius 3 is 2.76 bits per heavy atom. The van der Waals surface area contributed by atoms with Crippen LogP contribution in [0.25, 0.3) is 10.9 Å². The molecule has 0 spiro atoms. The summed E-state index contributed by atoms with van der Waals surface area (Å²) in [7, 11) is 0. The van der Waals surface area contributed by atoms with Crippen molar-refractivity contribution >= 4 is 34.1 Å². The fourth-order valence-electron chi connectivity index (χ4n) is 3.16. The number of halogens is 1. The average Bonchev–Trinajstić information content (AvgIpc) is 2.66. The average molecular weight is 415 g/mol. The van der Waals surface area contributed by atoms with Crippen molar-refractivity contribution in [2.45, 2.75) is 26.8 Å². The molecule has 0 bridgehead atoms. The van der Waals surface area contributed by atoms with Crippen LogP contribution in [0.2, 0.25) is 5.02 Å². The molecule has 1 N–H and O–H groups in total. The first-order chi connectivity index (χ1) is 13.8. The summed E-state index contributed by atoms with van der Waals surface area (Å²) < 4.78 is 0. The molecule has 1 heterocycles. The van der Waals surface area contributed by atoms with Crippen molar-refractivity contribution in [3.63, 3.8) is 0 Å². The van der Waals surface area contributed by atoms with E-state index in [0.29, 0.717) is 40.3 Å². The van der Waals surface area contributed by atoms with Crippen molar-refractivity contribution in [1.82, 2.24) is 14.9 Å². The maximum atomic E-state index is 13.1. The maximum absolute atomic E-state index is 13.1. The molecule has 0 aliphatic carbocycles. The number of fused-ring (bicyclic) bond motifs is 1. The van der Waals surface area contributed by atoms with E-state index in [1.54, 1.807) is 31.2 Å². The van der Waals surface area contributed by atoms with Gasteiger partial charge >= 0.3 is 0 Å². The highest BCUT2D eigenvalue weighted by atomic mass is 35.5. The zero-order valence-corrected chi connectivity index (χ0v) is 16.7. The van der Waals surface area contributed by atoms with Crippen LogP contribution in [0.3, 0.4) is 0 Å². The number of nitrogens with zero attached hydrogens (tertiary/aromatic N) is 3. The molecule has 0 atom stereocenters. The SMILES string of the molecule is CCCN(Cc1nc2cc(Cl)ccc2c(=O)[nH]1)C(=O)c1cccc([N+](=O)[O-])c1C. The number of aromatic nitrogens is 2. The van der Waals surface area contributed by atoms with Crippen molar-refractivity contribution in [2.75, 3.05) is 6.54 Å². The fraction of sp³-hybridized carbons (Fsp3) is 0.250. The van der Waals surface area contributed by atoms with Crippen LogP contribution in [-0.2, 0) is 6.54 Å². The van der Waals surface area contributed by atoms with Crippen LogP contribution in [0.1, 0.15) is 35.1 Å². The van der Waals surface area contributed by atoms with Gasteiger partial charge in [-0.1, -0.05) is 24.6 Å². The Morgan fingerprint density at radius 2 is 2.07 bits per heavy atom. The number of benzene rings is 2. The van der Waals surface area contributed by atoms with Crippen molar-refractivity contribution < 1.29 is 9.72 Å². The Hall–Kier alpha value is -3.26. The van der Waals surface area contributed by atoms with Crippen molar-refractivity contribution in [1.29, 1.82) is 0 Å². The number of rotatable bonds is 6. The molecule has 0 radical (unpaired) electrons. The van der Waals surface area contributed by atoms with Gasteiger partial charge in [-0.15, -0.1) is 0 Å². The van der Waals surface area contributed by atoms with Gasteiger partial charge < -0.3 is 9.88 Å². The zero-order chi connectivity index (χ0) is 21.1. The van der Waals surface area contributed by atoms with E-state index in [9.17, 15) is 19.7 Å². The van der Waals surface area contributed by atoms with Crippen LogP contribution in [-0.4, -0.2) is 32.2 Å². The smallest absolute Gasteiger partial charge is 0.273 e. The lowest BCUT2D eigenvalue weighted by atomic mass is 10.1. The summed E-state index contributed by atoms with van der Waals surface area (Å²) in [4.78, 5) is 44.8. The van der Waals surface area contributed by atoms with Crippen LogP contribution in [0.15, 0.2) is 41.2 Å². The van der Waals surface area contributed by atoms with E-state index in [-0.39, 0.29) is 29.3 Å². The standard InChI is InChI=1S/C20H19ClN4O4/c1-3-9-24(20(27)14-5-4-6-17(12(14)2)25(28)29)11-18-22-16-10-13(21)7-8-15(16)19(26)23-18/h4-8,10H,3,9,11H2,1-2H3,(H,22,23,26). The van der Waals surface area contributed by atoms with Crippen LogP contribution >= 0.6 is 11.6 Å². The molecule has 0 unspecified atom stereocenters. The van der Waals surface area contributed by atoms with Crippen LogP contribution in [0.4, 0.5) is 5.69 Å². The highest BCUT2D eigenvalue weighted by Gasteiger charge is 2.23. The molecule has 3 aromatic rings. The highest BCUT2D eigenvalue weighted by Crippen LogP contribution is 2.23. The van der Waals surface area contributed by atoms with Gasteiger partial charge in [-0.05, 0) is 37.6 Å². The molecule has 0 fully saturated rings. The zero-order valence-electron chi connectivity index (χ0n) is 15.9. The minimum atomic E-state index is -0.512. The molecule has 0 aliphatic heterocycles. The van der Waals surface area contributed by atoms with Gasteiger partial charge in [-0.2, -0.15) is 0 Å². The van der Waals surface area contributed by atoms with E-state index in [1.165, 1.54) is 17.0 Å². The number of carbonyl (C=O) groups excluding carboxylic acids is 1. The molecule has 0 saturated heterocycles. The highest BCUT2D eigenvalue weighted by molar-refractivity contribution is 6.31. The first-order valence-electron chi connectivity index (χ1n) is 9.03. The van der Waals surface area contributed by atoms with Gasteiger partial charge in [0.15, 0.2) is 0 Å². The summed E-state index contributed by atoms with van der Waals surface area (Å²) in [5.74, 6) is -0.0449. The Kier molecular flexibility index (Phi) is 5.93. The third-order valence-corrected chi connectivity index (χ3v) is 4.81. The summed E-state index contributed by atoms with van der Waals surface area (Å²) in [6, 6.07) is 9.20. The first-order valence-corrected chi connectivity index (χ1v) is 9.41. The summed E-state index contributed by atoms with van der Waals surface area (Å²) in [6.07, 6.45) is 0.670. The number of aromatic amines is 1. The van der Waals surface area contributed by atoms with E-state index in [1.807, 2.05) is 6.92 Å². The number of H-pyrrole nitrogens is 1. The lowest BCUT2D eigenvalue weighted by molar-refractivity contribution is -0.385. The number of nitro groups is 1. The Bertz CT molecular complexity index is 1160.